The fourth-order valence-corrected chi connectivity index (χ4v) is 3.85. The maximum atomic E-state index is 12.5. The van der Waals surface area contributed by atoms with Crippen LogP contribution >= 0.6 is 22.7 Å². The molecule has 3 rings (SSSR count). The molecule has 2 aromatic heterocycles. The molecule has 0 bridgehead atoms. The zero-order valence-electron chi connectivity index (χ0n) is 11.6. The van der Waals surface area contributed by atoms with E-state index in [1.54, 1.807) is 11.3 Å². The maximum Gasteiger partial charge on any atom is 0.262 e. The fraction of sp³-hybridized carbons (Fsp3) is 0.118. The van der Waals surface area contributed by atoms with Crippen LogP contribution in [0, 0.1) is 6.92 Å². The number of carbonyl (C=O) groups is 1. The van der Waals surface area contributed by atoms with Crippen molar-refractivity contribution in [1.82, 2.24) is 5.32 Å². The van der Waals surface area contributed by atoms with Crippen molar-refractivity contribution in [2.45, 2.75) is 13.0 Å². The summed E-state index contributed by atoms with van der Waals surface area (Å²) in [5.41, 5.74) is 2.12. The van der Waals surface area contributed by atoms with Crippen molar-refractivity contribution < 1.29 is 4.79 Å². The number of carbonyl (C=O) groups excluding carboxylic acids is 1. The van der Waals surface area contributed by atoms with Gasteiger partial charge >= 0.3 is 0 Å². The molecule has 2 heterocycles. The minimum atomic E-state index is -0.0970. The molecule has 2 nitrogen and oxygen atoms in total. The van der Waals surface area contributed by atoms with Gasteiger partial charge in [-0.2, -0.15) is 0 Å². The van der Waals surface area contributed by atoms with Gasteiger partial charge < -0.3 is 5.32 Å². The second-order valence-electron chi connectivity index (χ2n) is 4.77. The predicted molar refractivity (Wildman–Crippen MR) is 89.1 cm³/mol. The van der Waals surface area contributed by atoms with Crippen LogP contribution in [-0.4, -0.2) is 5.91 Å². The van der Waals surface area contributed by atoms with Crippen molar-refractivity contribution in [2.24, 2.45) is 0 Å². The zero-order chi connectivity index (χ0) is 14.7. The molecule has 0 saturated heterocycles. The van der Waals surface area contributed by atoms with Crippen LogP contribution in [0.5, 0.6) is 0 Å². The molecule has 3 aromatic rings. The summed E-state index contributed by atoms with van der Waals surface area (Å²) in [4.78, 5) is 14.4. The molecule has 0 unspecified atom stereocenters. The molecular formula is C17H15NOS2. The van der Waals surface area contributed by atoms with Gasteiger partial charge in [0.1, 0.15) is 0 Å². The third kappa shape index (κ3) is 3.06. The monoisotopic (exact) mass is 313 g/mol. The average molecular weight is 313 g/mol. The van der Waals surface area contributed by atoms with Gasteiger partial charge in [-0.15, -0.1) is 22.7 Å². The van der Waals surface area contributed by atoms with E-state index < -0.39 is 0 Å². The average Bonchev–Trinajstić information content (AvgIpc) is 3.17. The summed E-state index contributed by atoms with van der Waals surface area (Å²) >= 11 is 3.14. The number of hydrogen-bond acceptors (Lipinski definition) is 3. The third-order valence-corrected chi connectivity index (χ3v) is 5.26. The maximum absolute atomic E-state index is 12.5. The Kier molecular flexibility index (Phi) is 4.18. The van der Waals surface area contributed by atoms with E-state index in [0.29, 0.717) is 0 Å². The van der Waals surface area contributed by atoms with Crippen LogP contribution in [0.25, 0.3) is 0 Å². The van der Waals surface area contributed by atoms with Gasteiger partial charge in [-0.05, 0) is 40.9 Å². The van der Waals surface area contributed by atoms with E-state index in [4.69, 9.17) is 0 Å². The highest BCUT2D eigenvalue weighted by Crippen LogP contribution is 2.27. The summed E-state index contributed by atoms with van der Waals surface area (Å²) in [7, 11) is 0. The predicted octanol–water partition coefficient (Wildman–Crippen LogP) is 4.64. The highest BCUT2D eigenvalue weighted by Gasteiger charge is 2.20. The van der Waals surface area contributed by atoms with Gasteiger partial charge in [-0.25, -0.2) is 0 Å². The molecular weight excluding hydrogens is 298 g/mol. The van der Waals surface area contributed by atoms with E-state index in [1.165, 1.54) is 11.3 Å². The SMILES string of the molecule is Cc1ccsc1C(=O)N[C@H](c1ccccc1)c1cccs1. The fourth-order valence-electron chi connectivity index (χ4n) is 2.22. The smallest absolute Gasteiger partial charge is 0.262 e. The molecule has 1 aromatic carbocycles. The van der Waals surface area contributed by atoms with Crippen LogP contribution in [-0.2, 0) is 0 Å². The third-order valence-electron chi connectivity index (χ3n) is 3.30. The van der Waals surface area contributed by atoms with Crippen molar-refractivity contribution in [3.63, 3.8) is 0 Å². The largest absolute Gasteiger partial charge is 0.340 e. The molecule has 106 valence electrons. The Morgan fingerprint density at radius 1 is 1.00 bits per heavy atom. The van der Waals surface area contributed by atoms with Gasteiger partial charge in [-0.1, -0.05) is 36.4 Å². The minimum Gasteiger partial charge on any atom is -0.340 e. The molecule has 0 fully saturated rings. The Morgan fingerprint density at radius 2 is 1.81 bits per heavy atom. The number of amides is 1. The number of rotatable bonds is 4. The molecule has 0 spiro atoms. The molecule has 0 aliphatic carbocycles. The standard InChI is InChI=1S/C17H15NOS2/c1-12-9-11-21-16(12)17(19)18-15(14-8-5-10-20-14)13-6-3-2-4-7-13/h2-11,15H,1H3,(H,18,19)/t15-/m1/s1. The lowest BCUT2D eigenvalue weighted by Crippen LogP contribution is -2.28. The van der Waals surface area contributed by atoms with Crippen molar-refractivity contribution in [1.29, 1.82) is 0 Å². The highest BCUT2D eigenvalue weighted by atomic mass is 32.1. The van der Waals surface area contributed by atoms with Crippen LogP contribution < -0.4 is 5.32 Å². The van der Waals surface area contributed by atoms with E-state index >= 15 is 0 Å². The van der Waals surface area contributed by atoms with E-state index in [0.717, 1.165) is 20.9 Å². The van der Waals surface area contributed by atoms with Crippen molar-refractivity contribution in [2.75, 3.05) is 0 Å². The van der Waals surface area contributed by atoms with Gasteiger partial charge in [0.2, 0.25) is 0 Å². The zero-order valence-corrected chi connectivity index (χ0v) is 13.2. The lowest BCUT2D eigenvalue weighted by atomic mass is 10.1. The molecule has 4 heteroatoms. The number of aryl methyl sites for hydroxylation is 1. The molecule has 1 amide bonds. The van der Waals surface area contributed by atoms with E-state index in [2.05, 4.69) is 11.4 Å². The molecule has 0 radical (unpaired) electrons. The van der Waals surface area contributed by atoms with Crippen LogP contribution in [0.3, 0.4) is 0 Å². The number of nitrogens with one attached hydrogen (secondary N) is 1. The molecule has 21 heavy (non-hydrogen) atoms. The summed E-state index contributed by atoms with van der Waals surface area (Å²) < 4.78 is 0. The first-order valence-electron chi connectivity index (χ1n) is 6.69. The van der Waals surface area contributed by atoms with Crippen molar-refractivity contribution in [3.8, 4) is 0 Å². The summed E-state index contributed by atoms with van der Waals surface area (Å²) in [6, 6.07) is 16.0. The molecule has 1 N–H and O–H groups in total. The summed E-state index contributed by atoms with van der Waals surface area (Å²) in [5.74, 6) is -0.00949. The first kappa shape index (κ1) is 14.0. The Balaban J connectivity index is 1.91. The quantitative estimate of drug-likeness (QED) is 0.747. The van der Waals surface area contributed by atoms with Crippen LogP contribution in [0.1, 0.15) is 31.7 Å². The first-order chi connectivity index (χ1) is 10.3. The van der Waals surface area contributed by atoms with Gasteiger partial charge in [0, 0.05) is 4.88 Å². The Labute approximate surface area is 132 Å². The van der Waals surface area contributed by atoms with Crippen molar-refractivity contribution >= 4 is 28.6 Å². The second-order valence-corrected chi connectivity index (χ2v) is 6.66. The van der Waals surface area contributed by atoms with Gasteiger partial charge in [0.25, 0.3) is 5.91 Å². The highest BCUT2D eigenvalue weighted by molar-refractivity contribution is 7.12. The van der Waals surface area contributed by atoms with Crippen LogP contribution in [0.4, 0.5) is 0 Å². The van der Waals surface area contributed by atoms with E-state index in [9.17, 15) is 4.79 Å². The Bertz CT molecular complexity index is 716. The molecule has 1 atom stereocenters. The first-order valence-corrected chi connectivity index (χ1v) is 8.45. The van der Waals surface area contributed by atoms with E-state index in [-0.39, 0.29) is 11.9 Å². The van der Waals surface area contributed by atoms with Gasteiger partial charge in [0.05, 0.1) is 10.9 Å². The number of thiophene rings is 2. The summed E-state index contributed by atoms with van der Waals surface area (Å²) in [5, 5.41) is 7.15. The Hall–Kier alpha value is -1.91. The van der Waals surface area contributed by atoms with Gasteiger partial charge in [0.15, 0.2) is 0 Å². The topological polar surface area (TPSA) is 29.1 Å². The molecule has 0 aliphatic heterocycles. The van der Waals surface area contributed by atoms with E-state index in [1.807, 2.05) is 60.1 Å². The summed E-state index contributed by atoms with van der Waals surface area (Å²) in [6.07, 6.45) is 0. The lowest BCUT2D eigenvalue weighted by Gasteiger charge is -2.18. The minimum absolute atomic E-state index is 0.00949. The molecule has 0 aliphatic rings. The summed E-state index contributed by atoms with van der Waals surface area (Å²) in [6.45, 7) is 1.97. The van der Waals surface area contributed by atoms with Crippen LogP contribution in [0.15, 0.2) is 59.3 Å². The number of hydrogen-bond donors (Lipinski definition) is 1. The Morgan fingerprint density at radius 3 is 2.43 bits per heavy atom. The lowest BCUT2D eigenvalue weighted by molar-refractivity contribution is 0.0947. The molecule has 0 saturated carbocycles. The van der Waals surface area contributed by atoms with Crippen LogP contribution in [0.2, 0.25) is 0 Å². The number of benzene rings is 1. The second kappa shape index (κ2) is 6.24. The normalized spacial score (nSPS) is 12.0. The van der Waals surface area contributed by atoms with Crippen molar-refractivity contribution in [3.05, 3.63) is 80.2 Å². The van der Waals surface area contributed by atoms with Gasteiger partial charge in [-0.3, -0.25) is 4.79 Å².